The van der Waals surface area contributed by atoms with E-state index in [0.717, 1.165) is 35.2 Å². The van der Waals surface area contributed by atoms with Gasteiger partial charge in [-0.3, -0.25) is 9.36 Å². The summed E-state index contributed by atoms with van der Waals surface area (Å²) in [5, 5.41) is 3.66. The van der Waals surface area contributed by atoms with Crippen LogP contribution in [0, 0.1) is 20.8 Å². The summed E-state index contributed by atoms with van der Waals surface area (Å²) in [6, 6.07) is 11.7. The van der Waals surface area contributed by atoms with E-state index in [1.54, 1.807) is 10.9 Å². The highest BCUT2D eigenvalue weighted by atomic mass is 16.2. The number of hydrogen-bond acceptors (Lipinski definition) is 3. The van der Waals surface area contributed by atoms with Gasteiger partial charge >= 0.3 is 6.03 Å². The Labute approximate surface area is 170 Å². The fourth-order valence-electron chi connectivity index (χ4n) is 4.07. The molecule has 1 saturated heterocycles. The van der Waals surface area contributed by atoms with E-state index in [2.05, 4.69) is 16.4 Å². The fraction of sp³-hybridized carbons (Fsp3) is 0.348. The van der Waals surface area contributed by atoms with E-state index < -0.39 is 0 Å². The van der Waals surface area contributed by atoms with Crippen molar-refractivity contribution in [2.45, 2.75) is 39.7 Å². The highest BCUT2D eigenvalue weighted by Crippen LogP contribution is 2.23. The molecule has 3 aromatic rings. The van der Waals surface area contributed by atoms with Crippen LogP contribution in [0.25, 0.3) is 10.9 Å². The number of fused-ring (bicyclic) bond motifs is 1. The lowest BCUT2D eigenvalue weighted by Gasteiger charge is -2.33. The number of likely N-dealkylation sites (tertiary alicyclic amines) is 1. The minimum Gasteiger partial charge on any atom is -0.324 e. The molecule has 1 fully saturated rings. The van der Waals surface area contributed by atoms with Gasteiger partial charge in [0.1, 0.15) is 0 Å². The molecule has 1 aromatic heterocycles. The summed E-state index contributed by atoms with van der Waals surface area (Å²) in [4.78, 5) is 31.9. The van der Waals surface area contributed by atoms with Gasteiger partial charge in [-0.1, -0.05) is 29.8 Å². The van der Waals surface area contributed by atoms with E-state index >= 15 is 0 Å². The second-order valence-corrected chi connectivity index (χ2v) is 7.89. The number of carbonyl (C=O) groups is 1. The Kier molecular flexibility index (Phi) is 5.09. The number of amides is 2. The van der Waals surface area contributed by atoms with Crippen LogP contribution in [0.5, 0.6) is 0 Å². The summed E-state index contributed by atoms with van der Waals surface area (Å²) < 4.78 is 1.74. The lowest BCUT2D eigenvalue weighted by Crippen LogP contribution is -2.43. The van der Waals surface area contributed by atoms with E-state index in [4.69, 9.17) is 0 Å². The molecular formula is C23H26N4O2. The van der Waals surface area contributed by atoms with Gasteiger partial charge < -0.3 is 10.2 Å². The van der Waals surface area contributed by atoms with Crippen LogP contribution in [0.2, 0.25) is 0 Å². The van der Waals surface area contributed by atoms with Gasteiger partial charge in [0, 0.05) is 24.8 Å². The minimum absolute atomic E-state index is 0.00289. The van der Waals surface area contributed by atoms with E-state index in [1.165, 1.54) is 5.56 Å². The maximum Gasteiger partial charge on any atom is 0.321 e. The van der Waals surface area contributed by atoms with E-state index in [1.807, 2.05) is 56.0 Å². The lowest BCUT2D eigenvalue weighted by atomic mass is 10.0. The topological polar surface area (TPSA) is 67.2 Å². The quantitative estimate of drug-likeness (QED) is 0.713. The molecule has 0 spiro atoms. The average Bonchev–Trinajstić information content (AvgIpc) is 2.71. The zero-order valence-corrected chi connectivity index (χ0v) is 17.1. The number of piperidine rings is 1. The number of carbonyl (C=O) groups excluding carboxylic acids is 1. The molecule has 6 nitrogen and oxygen atoms in total. The number of rotatable bonds is 2. The standard InChI is InChI=1S/C23H26N4O2/c1-15-7-8-20(17(3)13-15)25-23(29)26-11-9-18(10-12-26)27-14-24-21-16(2)5-4-6-19(21)22(27)28/h4-8,13-14,18H,9-12H2,1-3H3,(H,25,29). The third-order valence-electron chi connectivity index (χ3n) is 5.78. The average molecular weight is 390 g/mol. The van der Waals surface area contributed by atoms with Gasteiger partial charge in [0.15, 0.2) is 0 Å². The van der Waals surface area contributed by atoms with Gasteiger partial charge in [0.25, 0.3) is 5.56 Å². The summed E-state index contributed by atoms with van der Waals surface area (Å²) >= 11 is 0. The van der Waals surface area contributed by atoms with Crippen LogP contribution >= 0.6 is 0 Å². The number of aromatic nitrogens is 2. The molecule has 0 saturated carbocycles. The Hall–Kier alpha value is -3.15. The summed E-state index contributed by atoms with van der Waals surface area (Å²) in [5.41, 5.74) is 4.83. The monoisotopic (exact) mass is 390 g/mol. The van der Waals surface area contributed by atoms with E-state index in [9.17, 15) is 9.59 Å². The van der Waals surface area contributed by atoms with Crippen LogP contribution < -0.4 is 10.9 Å². The minimum atomic E-state index is -0.0880. The molecule has 0 aliphatic carbocycles. The zero-order chi connectivity index (χ0) is 20.5. The molecule has 1 aliphatic heterocycles. The summed E-state index contributed by atoms with van der Waals surface area (Å²) in [6.45, 7) is 7.22. The Bertz CT molecular complexity index is 1130. The molecule has 0 atom stereocenters. The lowest BCUT2D eigenvalue weighted by molar-refractivity contribution is 0.182. The van der Waals surface area contributed by atoms with Crippen molar-refractivity contribution in [2.24, 2.45) is 0 Å². The normalized spacial score (nSPS) is 14.9. The molecule has 29 heavy (non-hydrogen) atoms. The van der Waals surface area contributed by atoms with Crippen molar-refractivity contribution in [2.75, 3.05) is 18.4 Å². The highest BCUT2D eigenvalue weighted by molar-refractivity contribution is 5.90. The molecule has 1 N–H and O–H groups in total. The number of hydrogen-bond donors (Lipinski definition) is 1. The van der Waals surface area contributed by atoms with Crippen molar-refractivity contribution < 1.29 is 4.79 Å². The third kappa shape index (κ3) is 3.75. The number of nitrogens with one attached hydrogen (secondary N) is 1. The Morgan fingerprint density at radius 2 is 1.83 bits per heavy atom. The molecule has 4 rings (SSSR count). The first kappa shape index (κ1) is 19.2. The SMILES string of the molecule is Cc1ccc(NC(=O)N2CCC(n3cnc4c(C)cccc4c3=O)CC2)c(C)c1. The van der Waals surface area contributed by atoms with Crippen molar-refractivity contribution in [1.82, 2.24) is 14.5 Å². The number of urea groups is 1. The predicted molar refractivity (Wildman–Crippen MR) is 116 cm³/mol. The molecule has 0 radical (unpaired) electrons. The highest BCUT2D eigenvalue weighted by Gasteiger charge is 2.25. The maximum atomic E-state index is 12.9. The summed E-state index contributed by atoms with van der Waals surface area (Å²) in [7, 11) is 0. The predicted octanol–water partition coefficient (Wildman–Crippen LogP) is 4.19. The van der Waals surface area contributed by atoms with Gasteiger partial charge in [-0.15, -0.1) is 0 Å². The summed E-state index contributed by atoms with van der Waals surface area (Å²) in [6.07, 6.45) is 3.13. The number of para-hydroxylation sites is 1. The summed E-state index contributed by atoms with van der Waals surface area (Å²) in [5.74, 6) is 0. The molecule has 2 aromatic carbocycles. The molecule has 1 aliphatic rings. The van der Waals surface area contributed by atoms with Gasteiger partial charge in [0.05, 0.1) is 17.2 Å². The first-order chi connectivity index (χ1) is 13.9. The number of nitrogens with zero attached hydrogens (tertiary/aromatic N) is 3. The fourth-order valence-corrected chi connectivity index (χ4v) is 4.07. The Morgan fingerprint density at radius 1 is 1.07 bits per heavy atom. The van der Waals surface area contributed by atoms with Crippen molar-refractivity contribution in [3.8, 4) is 0 Å². The van der Waals surface area contributed by atoms with E-state index in [0.29, 0.717) is 18.5 Å². The van der Waals surface area contributed by atoms with Crippen molar-refractivity contribution in [3.05, 3.63) is 69.8 Å². The smallest absolute Gasteiger partial charge is 0.321 e. The van der Waals surface area contributed by atoms with Crippen LogP contribution in [-0.4, -0.2) is 33.6 Å². The molecular weight excluding hydrogens is 364 g/mol. The van der Waals surface area contributed by atoms with Crippen LogP contribution in [0.4, 0.5) is 10.5 Å². The zero-order valence-electron chi connectivity index (χ0n) is 17.1. The molecule has 150 valence electrons. The molecule has 2 amide bonds. The van der Waals surface area contributed by atoms with Crippen LogP contribution in [0.3, 0.4) is 0 Å². The van der Waals surface area contributed by atoms with E-state index in [-0.39, 0.29) is 17.6 Å². The molecule has 0 bridgehead atoms. The third-order valence-corrected chi connectivity index (χ3v) is 5.78. The van der Waals surface area contributed by atoms with Crippen LogP contribution in [0.15, 0.2) is 47.5 Å². The second-order valence-electron chi connectivity index (χ2n) is 7.89. The number of aryl methyl sites for hydroxylation is 3. The Balaban J connectivity index is 1.45. The molecule has 2 heterocycles. The molecule has 0 unspecified atom stereocenters. The number of anilines is 1. The molecule has 6 heteroatoms. The van der Waals surface area contributed by atoms with Crippen molar-refractivity contribution >= 4 is 22.6 Å². The van der Waals surface area contributed by atoms with Gasteiger partial charge in [-0.2, -0.15) is 0 Å². The van der Waals surface area contributed by atoms with Gasteiger partial charge in [-0.05, 0) is 56.9 Å². The second kappa shape index (κ2) is 7.70. The van der Waals surface area contributed by atoms with Crippen LogP contribution in [-0.2, 0) is 0 Å². The first-order valence-electron chi connectivity index (χ1n) is 10.0. The van der Waals surface area contributed by atoms with Gasteiger partial charge in [-0.25, -0.2) is 9.78 Å². The van der Waals surface area contributed by atoms with Crippen LogP contribution in [0.1, 0.15) is 35.6 Å². The largest absolute Gasteiger partial charge is 0.324 e. The van der Waals surface area contributed by atoms with Crippen molar-refractivity contribution in [3.63, 3.8) is 0 Å². The first-order valence-corrected chi connectivity index (χ1v) is 10.0. The Morgan fingerprint density at radius 3 is 2.55 bits per heavy atom. The van der Waals surface area contributed by atoms with Crippen molar-refractivity contribution in [1.29, 1.82) is 0 Å². The maximum absolute atomic E-state index is 12.9. The number of benzene rings is 2. The van der Waals surface area contributed by atoms with Gasteiger partial charge in [0.2, 0.25) is 0 Å².